The summed E-state index contributed by atoms with van der Waals surface area (Å²) in [7, 11) is 1.48. The first-order chi connectivity index (χ1) is 16.6. The number of rotatable bonds is 7. The molecule has 3 aromatic rings. The molecule has 0 heterocycles. The Morgan fingerprint density at radius 3 is 1.97 bits per heavy atom. The van der Waals surface area contributed by atoms with Crippen molar-refractivity contribution in [3.63, 3.8) is 0 Å². The third-order valence-electron chi connectivity index (χ3n) is 5.18. The minimum absolute atomic E-state index is 0.0833. The van der Waals surface area contributed by atoms with Crippen LogP contribution >= 0.6 is 0 Å². The molecule has 0 saturated carbocycles. The predicted octanol–water partition coefficient (Wildman–Crippen LogP) is 6.50. The second-order valence-corrected chi connectivity index (χ2v) is 8.10. The van der Waals surface area contributed by atoms with Crippen molar-refractivity contribution in [2.75, 3.05) is 17.7 Å². The number of nitrogens with one attached hydrogen (secondary N) is 2. The van der Waals surface area contributed by atoms with Gasteiger partial charge in [-0.05, 0) is 53.5 Å². The van der Waals surface area contributed by atoms with E-state index in [1.165, 1.54) is 25.3 Å². The van der Waals surface area contributed by atoms with Crippen molar-refractivity contribution in [1.82, 2.24) is 0 Å². The van der Waals surface area contributed by atoms with Crippen LogP contribution in [0.15, 0.2) is 78.4 Å². The Labute approximate surface area is 201 Å². The first-order valence-electron chi connectivity index (χ1n) is 10.8. The van der Waals surface area contributed by atoms with Gasteiger partial charge in [-0.15, -0.1) is 0 Å². The summed E-state index contributed by atoms with van der Waals surface area (Å²) in [5, 5.41) is 5.04. The maximum Gasteiger partial charge on any atom is 0.416 e. The highest BCUT2D eigenvalue weighted by atomic mass is 19.4. The topological polar surface area (TPSA) is 67.4 Å². The van der Waals surface area contributed by atoms with Crippen molar-refractivity contribution in [2.45, 2.75) is 25.9 Å². The second-order valence-electron chi connectivity index (χ2n) is 8.10. The molecule has 0 unspecified atom stereocenters. The molecular formula is C27H25F3N2O3. The molecule has 182 valence electrons. The van der Waals surface area contributed by atoms with Gasteiger partial charge in [0.15, 0.2) is 0 Å². The Hall–Kier alpha value is -4.07. The summed E-state index contributed by atoms with van der Waals surface area (Å²) < 4.78 is 44.4. The van der Waals surface area contributed by atoms with Gasteiger partial charge in [-0.3, -0.25) is 9.59 Å². The van der Waals surface area contributed by atoms with Crippen molar-refractivity contribution in [2.24, 2.45) is 0 Å². The fourth-order valence-corrected chi connectivity index (χ4v) is 3.25. The molecule has 2 amide bonds. The van der Waals surface area contributed by atoms with Gasteiger partial charge in [-0.2, -0.15) is 13.2 Å². The van der Waals surface area contributed by atoms with Gasteiger partial charge >= 0.3 is 6.18 Å². The maximum absolute atomic E-state index is 13.1. The summed E-state index contributed by atoms with van der Waals surface area (Å²) in [6, 6.07) is 18.1. The van der Waals surface area contributed by atoms with Crippen molar-refractivity contribution < 1.29 is 27.5 Å². The van der Waals surface area contributed by atoms with Crippen LogP contribution in [0.25, 0.3) is 6.08 Å². The second kappa shape index (κ2) is 10.9. The summed E-state index contributed by atoms with van der Waals surface area (Å²) in [6.07, 6.45) is -3.18. The van der Waals surface area contributed by atoms with Crippen LogP contribution in [0, 0.1) is 0 Å². The standard InChI is InChI=1S/C27H25F3N2O3/c1-17(2)19-12-10-18(11-13-19)14-24(26(34)32-22-8-5-9-23(16-22)35-3)25(33)31-21-7-4-6-20(15-21)27(28,29)30/h4-17H,1-3H3,(H,31,33)(H,32,34). The van der Waals surface area contributed by atoms with Gasteiger partial charge in [0.25, 0.3) is 11.8 Å². The van der Waals surface area contributed by atoms with Crippen LogP contribution in [0.5, 0.6) is 5.75 Å². The van der Waals surface area contributed by atoms with Gasteiger partial charge in [-0.1, -0.05) is 50.2 Å². The monoisotopic (exact) mass is 482 g/mol. The average Bonchev–Trinajstić information content (AvgIpc) is 2.82. The summed E-state index contributed by atoms with van der Waals surface area (Å²) in [6.45, 7) is 4.08. The minimum atomic E-state index is -4.57. The van der Waals surface area contributed by atoms with Gasteiger partial charge in [-0.25, -0.2) is 0 Å². The molecule has 0 saturated heterocycles. The number of amides is 2. The largest absolute Gasteiger partial charge is 0.497 e. The summed E-state index contributed by atoms with van der Waals surface area (Å²) in [4.78, 5) is 26.2. The average molecular weight is 483 g/mol. The van der Waals surface area contributed by atoms with Crippen LogP contribution in [-0.4, -0.2) is 18.9 Å². The first-order valence-corrected chi connectivity index (χ1v) is 10.8. The number of methoxy groups -OCH3 is 1. The maximum atomic E-state index is 13.1. The van der Waals surface area contributed by atoms with Gasteiger partial charge in [0.2, 0.25) is 0 Å². The van der Waals surface area contributed by atoms with E-state index in [-0.39, 0.29) is 11.3 Å². The number of carbonyl (C=O) groups excluding carboxylic acids is 2. The van der Waals surface area contributed by atoms with Crippen LogP contribution in [-0.2, 0) is 15.8 Å². The predicted molar refractivity (Wildman–Crippen MR) is 130 cm³/mol. The summed E-state index contributed by atoms with van der Waals surface area (Å²) >= 11 is 0. The van der Waals surface area contributed by atoms with E-state index in [0.29, 0.717) is 22.9 Å². The molecule has 0 spiro atoms. The van der Waals surface area contributed by atoms with Crippen LogP contribution in [0.1, 0.15) is 36.5 Å². The van der Waals surface area contributed by atoms with Crippen LogP contribution in [0.2, 0.25) is 0 Å². The highest BCUT2D eigenvalue weighted by Crippen LogP contribution is 2.31. The zero-order valence-electron chi connectivity index (χ0n) is 19.4. The van der Waals surface area contributed by atoms with Gasteiger partial charge < -0.3 is 15.4 Å². The number of benzene rings is 3. The third-order valence-corrected chi connectivity index (χ3v) is 5.18. The fourth-order valence-electron chi connectivity index (χ4n) is 3.25. The molecule has 0 radical (unpaired) electrons. The van der Waals surface area contributed by atoms with E-state index >= 15 is 0 Å². The Kier molecular flexibility index (Phi) is 7.96. The number of hydrogen-bond donors (Lipinski definition) is 2. The van der Waals surface area contributed by atoms with Crippen molar-refractivity contribution in [3.8, 4) is 5.75 Å². The number of carbonyl (C=O) groups is 2. The lowest BCUT2D eigenvalue weighted by Gasteiger charge is -2.13. The van der Waals surface area contributed by atoms with Crippen LogP contribution < -0.4 is 15.4 Å². The lowest BCUT2D eigenvalue weighted by atomic mass is 10.0. The van der Waals surface area contributed by atoms with Gasteiger partial charge in [0.1, 0.15) is 11.3 Å². The number of hydrogen-bond acceptors (Lipinski definition) is 3. The molecule has 8 heteroatoms. The zero-order chi connectivity index (χ0) is 25.6. The van der Waals surface area contributed by atoms with E-state index < -0.39 is 23.6 Å². The van der Waals surface area contributed by atoms with Gasteiger partial charge in [0.05, 0.1) is 12.7 Å². The lowest BCUT2D eigenvalue weighted by Crippen LogP contribution is -2.25. The van der Waals surface area contributed by atoms with E-state index in [0.717, 1.165) is 17.7 Å². The molecule has 0 aromatic heterocycles. The zero-order valence-corrected chi connectivity index (χ0v) is 19.4. The number of ether oxygens (including phenoxy) is 1. The molecule has 2 N–H and O–H groups in total. The van der Waals surface area contributed by atoms with Crippen molar-refractivity contribution in [3.05, 3.63) is 95.1 Å². The van der Waals surface area contributed by atoms with E-state index in [9.17, 15) is 22.8 Å². The van der Waals surface area contributed by atoms with E-state index in [1.807, 2.05) is 26.0 Å². The fraction of sp³-hybridized carbons (Fsp3) is 0.185. The molecule has 5 nitrogen and oxygen atoms in total. The Morgan fingerprint density at radius 2 is 1.43 bits per heavy atom. The highest BCUT2D eigenvalue weighted by Gasteiger charge is 2.30. The Bertz CT molecular complexity index is 1230. The van der Waals surface area contributed by atoms with E-state index in [4.69, 9.17) is 4.74 Å². The minimum Gasteiger partial charge on any atom is -0.497 e. The Morgan fingerprint density at radius 1 is 0.857 bits per heavy atom. The molecule has 3 aromatic carbocycles. The van der Waals surface area contributed by atoms with Crippen LogP contribution in [0.4, 0.5) is 24.5 Å². The van der Waals surface area contributed by atoms with E-state index in [2.05, 4.69) is 10.6 Å². The molecule has 3 rings (SSSR count). The Balaban J connectivity index is 1.93. The smallest absolute Gasteiger partial charge is 0.416 e. The van der Waals surface area contributed by atoms with E-state index in [1.54, 1.807) is 36.4 Å². The highest BCUT2D eigenvalue weighted by molar-refractivity contribution is 6.28. The van der Waals surface area contributed by atoms with Crippen molar-refractivity contribution >= 4 is 29.3 Å². The SMILES string of the molecule is COc1cccc(NC(=O)C(=Cc2ccc(C(C)C)cc2)C(=O)Nc2cccc(C(F)(F)F)c2)c1. The van der Waals surface area contributed by atoms with Gasteiger partial charge in [0, 0.05) is 17.4 Å². The molecule has 0 aliphatic carbocycles. The molecule has 0 aliphatic rings. The molecular weight excluding hydrogens is 457 g/mol. The van der Waals surface area contributed by atoms with Crippen LogP contribution in [0.3, 0.4) is 0 Å². The number of anilines is 2. The quantitative estimate of drug-likeness (QED) is 0.230. The number of halogens is 3. The molecule has 0 fully saturated rings. The summed E-state index contributed by atoms with van der Waals surface area (Å²) in [5.41, 5.74) is 0.790. The molecule has 0 atom stereocenters. The molecule has 35 heavy (non-hydrogen) atoms. The van der Waals surface area contributed by atoms with Crippen molar-refractivity contribution in [1.29, 1.82) is 0 Å². The molecule has 0 aliphatic heterocycles. The normalized spacial score (nSPS) is 11.8. The number of alkyl halides is 3. The first kappa shape index (κ1) is 25.6. The third kappa shape index (κ3) is 6.96. The molecule has 0 bridgehead atoms. The lowest BCUT2D eigenvalue weighted by molar-refractivity contribution is -0.137. The summed E-state index contributed by atoms with van der Waals surface area (Å²) in [5.74, 6) is -0.771.